The van der Waals surface area contributed by atoms with Crippen molar-refractivity contribution >= 4 is 12.1 Å². The average Bonchev–Trinajstić information content (AvgIpc) is 2.25. The lowest BCUT2D eigenvalue weighted by Gasteiger charge is -2.31. The van der Waals surface area contributed by atoms with Gasteiger partial charge in [0.1, 0.15) is 5.60 Å². The Morgan fingerprint density at radius 1 is 1.10 bits per heavy atom. The molecule has 0 spiro atoms. The second-order valence-electron chi connectivity index (χ2n) is 7.11. The van der Waals surface area contributed by atoms with E-state index in [0.29, 0.717) is 12.8 Å². The van der Waals surface area contributed by atoms with E-state index in [2.05, 4.69) is 5.32 Å². The van der Waals surface area contributed by atoms with Gasteiger partial charge in [0.15, 0.2) is 0 Å². The van der Waals surface area contributed by atoms with Crippen LogP contribution in [0.2, 0.25) is 0 Å². The van der Waals surface area contributed by atoms with Gasteiger partial charge in [0.05, 0.1) is 11.0 Å². The molecule has 124 valence electrons. The minimum Gasteiger partial charge on any atom is -0.481 e. The summed E-state index contributed by atoms with van der Waals surface area (Å²) in [5, 5.41) is 21.8. The Hall–Kier alpha value is -1.30. The number of amides is 1. The number of hydrogen-bond donors (Lipinski definition) is 3. The SMILES string of the molecule is CCC(CCC(C)(C)O)(CNC(=O)OC(C)(C)C)C(=O)O. The topological polar surface area (TPSA) is 95.9 Å². The van der Waals surface area contributed by atoms with Crippen molar-refractivity contribution in [1.29, 1.82) is 0 Å². The number of rotatable bonds is 7. The van der Waals surface area contributed by atoms with Crippen molar-refractivity contribution in [1.82, 2.24) is 5.32 Å². The molecular formula is C15H29NO5. The largest absolute Gasteiger partial charge is 0.481 e. The van der Waals surface area contributed by atoms with Gasteiger partial charge in [-0.2, -0.15) is 0 Å². The number of aliphatic carboxylic acids is 1. The van der Waals surface area contributed by atoms with Crippen molar-refractivity contribution in [2.24, 2.45) is 5.41 Å². The van der Waals surface area contributed by atoms with Crippen LogP contribution >= 0.6 is 0 Å². The lowest BCUT2D eigenvalue weighted by atomic mass is 9.78. The Labute approximate surface area is 126 Å². The van der Waals surface area contributed by atoms with Gasteiger partial charge >= 0.3 is 12.1 Å². The van der Waals surface area contributed by atoms with Crippen LogP contribution in [0.5, 0.6) is 0 Å². The third-order valence-electron chi connectivity index (χ3n) is 3.32. The van der Waals surface area contributed by atoms with Gasteiger partial charge < -0.3 is 20.3 Å². The van der Waals surface area contributed by atoms with Crippen molar-refractivity contribution in [2.75, 3.05) is 6.54 Å². The standard InChI is InChI=1S/C15H29NO5/c1-7-15(11(17)18,9-8-14(5,6)20)10-16-12(19)21-13(2,3)4/h20H,7-10H2,1-6H3,(H,16,19)(H,17,18). The van der Waals surface area contributed by atoms with Gasteiger partial charge in [0, 0.05) is 6.54 Å². The third kappa shape index (κ3) is 7.90. The molecule has 6 heteroatoms. The highest BCUT2D eigenvalue weighted by Gasteiger charge is 2.38. The van der Waals surface area contributed by atoms with Gasteiger partial charge in [-0.3, -0.25) is 4.79 Å². The molecule has 0 aliphatic carbocycles. The van der Waals surface area contributed by atoms with Gasteiger partial charge in [0.2, 0.25) is 0 Å². The summed E-state index contributed by atoms with van der Waals surface area (Å²) >= 11 is 0. The predicted molar refractivity (Wildman–Crippen MR) is 80.1 cm³/mol. The van der Waals surface area contributed by atoms with E-state index in [1.54, 1.807) is 41.5 Å². The average molecular weight is 303 g/mol. The van der Waals surface area contributed by atoms with E-state index < -0.39 is 28.7 Å². The molecule has 0 rings (SSSR count). The molecule has 0 aromatic heterocycles. The Balaban J connectivity index is 4.78. The predicted octanol–water partition coefficient (Wildman–Crippen LogP) is 2.54. The fourth-order valence-electron chi connectivity index (χ4n) is 1.82. The molecule has 0 aliphatic heterocycles. The van der Waals surface area contributed by atoms with E-state index in [4.69, 9.17) is 4.74 Å². The van der Waals surface area contributed by atoms with Crippen LogP contribution in [0, 0.1) is 5.41 Å². The summed E-state index contributed by atoms with van der Waals surface area (Å²) in [6.45, 7) is 10.2. The lowest BCUT2D eigenvalue weighted by Crippen LogP contribution is -2.45. The van der Waals surface area contributed by atoms with E-state index in [0.717, 1.165) is 0 Å². The normalized spacial score (nSPS) is 15.2. The zero-order valence-corrected chi connectivity index (χ0v) is 13.9. The van der Waals surface area contributed by atoms with Crippen LogP contribution in [0.25, 0.3) is 0 Å². The number of aliphatic hydroxyl groups is 1. The number of carbonyl (C=O) groups is 2. The summed E-state index contributed by atoms with van der Waals surface area (Å²) < 4.78 is 5.11. The fraction of sp³-hybridized carbons (Fsp3) is 0.867. The molecule has 0 fully saturated rings. The number of alkyl carbamates (subject to hydrolysis) is 1. The number of carboxylic acids is 1. The molecule has 0 saturated heterocycles. The van der Waals surface area contributed by atoms with Crippen LogP contribution in [0.3, 0.4) is 0 Å². The van der Waals surface area contributed by atoms with Gasteiger partial charge in [-0.15, -0.1) is 0 Å². The summed E-state index contributed by atoms with van der Waals surface area (Å²) in [5.74, 6) is -0.981. The van der Waals surface area contributed by atoms with Crippen molar-refractivity contribution in [3.63, 3.8) is 0 Å². The second-order valence-corrected chi connectivity index (χ2v) is 7.11. The fourth-order valence-corrected chi connectivity index (χ4v) is 1.82. The first-order chi connectivity index (χ1) is 9.31. The van der Waals surface area contributed by atoms with Crippen molar-refractivity contribution in [3.05, 3.63) is 0 Å². The smallest absolute Gasteiger partial charge is 0.407 e. The summed E-state index contributed by atoms with van der Waals surface area (Å²) in [6, 6.07) is 0. The molecule has 0 saturated carbocycles. The maximum atomic E-state index is 11.7. The van der Waals surface area contributed by atoms with Gasteiger partial charge in [-0.25, -0.2) is 4.79 Å². The maximum absolute atomic E-state index is 11.7. The molecule has 0 aromatic carbocycles. The third-order valence-corrected chi connectivity index (χ3v) is 3.32. The molecule has 21 heavy (non-hydrogen) atoms. The second kappa shape index (κ2) is 7.11. The molecule has 0 heterocycles. The number of nitrogens with one attached hydrogen (secondary N) is 1. The first-order valence-corrected chi connectivity index (χ1v) is 7.24. The number of carbonyl (C=O) groups excluding carboxylic acids is 1. The van der Waals surface area contributed by atoms with E-state index in [9.17, 15) is 19.8 Å². The highest BCUT2D eigenvalue weighted by Crippen LogP contribution is 2.31. The van der Waals surface area contributed by atoms with Crippen LogP contribution < -0.4 is 5.32 Å². The minimum atomic E-state index is -1.10. The Kier molecular flexibility index (Phi) is 6.67. The first-order valence-electron chi connectivity index (χ1n) is 7.24. The minimum absolute atomic E-state index is 0.0240. The first kappa shape index (κ1) is 19.7. The molecule has 6 nitrogen and oxygen atoms in total. The van der Waals surface area contributed by atoms with E-state index >= 15 is 0 Å². The molecule has 0 aromatic rings. The summed E-state index contributed by atoms with van der Waals surface area (Å²) in [4.78, 5) is 23.3. The van der Waals surface area contributed by atoms with Gasteiger partial charge in [0.25, 0.3) is 0 Å². The van der Waals surface area contributed by atoms with E-state index in [1.807, 2.05) is 0 Å². The van der Waals surface area contributed by atoms with Gasteiger partial charge in [-0.1, -0.05) is 6.92 Å². The molecule has 1 amide bonds. The summed E-state index contributed by atoms with van der Waals surface area (Å²) in [7, 11) is 0. The maximum Gasteiger partial charge on any atom is 0.407 e. The van der Waals surface area contributed by atoms with Crippen LogP contribution in [0.4, 0.5) is 4.79 Å². The Bertz CT molecular complexity index is 367. The Morgan fingerprint density at radius 2 is 1.62 bits per heavy atom. The number of hydrogen-bond acceptors (Lipinski definition) is 4. The molecule has 1 atom stereocenters. The molecule has 3 N–H and O–H groups in total. The molecule has 1 unspecified atom stereocenters. The number of carboxylic acid groups (broad SMARTS) is 1. The lowest BCUT2D eigenvalue weighted by molar-refractivity contribution is -0.150. The highest BCUT2D eigenvalue weighted by atomic mass is 16.6. The van der Waals surface area contributed by atoms with Crippen molar-refractivity contribution < 1.29 is 24.5 Å². The van der Waals surface area contributed by atoms with Crippen LogP contribution in [0.1, 0.15) is 60.8 Å². The van der Waals surface area contributed by atoms with Crippen LogP contribution in [0.15, 0.2) is 0 Å². The zero-order chi connectivity index (χ0) is 16.9. The van der Waals surface area contributed by atoms with E-state index in [-0.39, 0.29) is 13.0 Å². The summed E-state index contributed by atoms with van der Waals surface area (Å²) in [5.41, 5.74) is -2.67. The van der Waals surface area contributed by atoms with Crippen molar-refractivity contribution in [2.45, 2.75) is 72.0 Å². The molecule has 0 aliphatic rings. The van der Waals surface area contributed by atoms with Crippen molar-refractivity contribution in [3.8, 4) is 0 Å². The molecular weight excluding hydrogens is 274 g/mol. The zero-order valence-electron chi connectivity index (χ0n) is 13.9. The Morgan fingerprint density at radius 3 is 1.95 bits per heavy atom. The summed E-state index contributed by atoms with van der Waals surface area (Å²) in [6.07, 6.45) is 0.333. The van der Waals surface area contributed by atoms with E-state index in [1.165, 1.54) is 0 Å². The van der Waals surface area contributed by atoms with Crippen LogP contribution in [-0.2, 0) is 9.53 Å². The van der Waals surface area contributed by atoms with Gasteiger partial charge in [-0.05, 0) is 53.9 Å². The highest BCUT2D eigenvalue weighted by molar-refractivity contribution is 5.76. The monoisotopic (exact) mass is 303 g/mol. The van der Waals surface area contributed by atoms with Crippen LogP contribution in [-0.4, -0.2) is 40.0 Å². The quantitative estimate of drug-likeness (QED) is 0.671. The molecule has 0 radical (unpaired) electrons. The molecule has 0 bridgehead atoms. The number of ether oxygens (including phenoxy) is 1.